The van der Waals surface area contributed by atoms with E-state index in [0.29, 0.717) is 12.2 Å². The molecule has 0 saturated heterocycles. The minimum Gasteiger partial charge on any atom is -0.443 e. The minimum atomic E-state index is -4.13. The van der Waals surface area contributed by atoms with Crippen molar-refractivity contribution in [2.45, 2.75) is 46.3 Å². The van der Waals surface area contributed by atoms with Crippen molar-refractivity contribution in [2.24, 2.45) is 0 Å². The van der Waals surface area contributed by atoms with Crippen LogP contribution in [0.25, 0.3) is 0 Å². The molecule has 144 valence electrons. The summed E-state index contributed by atoms with van der Waals surface area (Å²) in [6.07, 6.45) is 2.08. The molecule has 0 spiro atoms. The van der Waals surface area contributed by atoms with Gasteiger partial charge in [0.05, 0.1) is 11.9 Å². The average molecular weight is 375 g/mol. The third-order valence-electron chi connectivity index (χ3n) is 3.06. The van der Waals surface area contributed by atoms with Crippen molar-refractivity contribution < 1.29 is 17.9 Å². The van der Waals surface area contributed by atoms with Gasteiger partial charge in [0, 0.05) is 25.3 Å². The second kappa shape index (κ2) is 8.05. The molecule has 1 N–H and O–H groups in total. The van der Waals surface area contributed by atoms with Crippen LogP contribution in [-0.2, 0) is 14.9 Å². The molecule has 0 aliphatic heterocycles. The number of carbonyl (C=O) groups excluding carboxylic acids is 1. The number of likely N-dealkylation sites (N-methyl/N-ethyl adjacent to an activating group) is 1. The first kappa shape index (κ1) is 21.2. The molecular formula is C15H29N5O4S. The molecule has 0 aromatic carbocycles. The smallest absolute Gasteiger partial charge is 0.422 e. The Balaban J connectivity index is 3.06. The van der Waals surface area contributed by atoms with Crippen LogP contribution in [0.4, 0.5) is 10.5 Å². The molecule has 25 heavy (non-hydrogen) atoms. The summed E-state index contributed by atoms with van der Waals surface area (Å²) in [5, 5.41) is 4.17. The number of ether oxygens (including phenoxy) is 1. The van der Waals surface area contributed by atoms with Crippen LogP contribution in [0, 0.1) is 0 Å². The number of nitrogens with zero attached hydrogens (tertiary/aromatic N) is 4. The molecule has 0 unspecified atom stereocenters. The normalized spacial score (nSPS) is 12.5. The lowest BCUT2D eigenvalue weighted by Crippen LogP contribution is -2.47. The van der Waals surface area contributed by atoms with Crippen LogP contribution in [0.15, 0.2) is 12.4 Å². The van der Waals surface area contributed by atoms with Gasteiger partial charge < -0.3 is 9.64 Å². The summed E-state index contributed by atoms with van der Waals surface area (Å²) < 4.78 is 35.1. The third-order valence-corrected chi connectivity index (χ3v) is 4.45. The van der Waals surface area contributed by atoms with Gasteiger partial charge in [-0.25, -0.2) is 13.8 Å². The van der Waals surface area contributed by atoms with E-state index in [1.54, 1.807) is 31.6 Å². The molecule has 0 radical (unpaired) electrons. The highest BCUT2D eigenvalue weighted by Gasteiger charge is 2.28. The van der Waals surface area contributed by atoms with Gasteiger partial charge in [-0.3, -0.25) is 4.68 Å². The predicted octanol–water partition coefficient (Wildman–Crippen LogP) is 1.60. The maximum atomic E-state index is 12.7. The summed E-state index contributed by atoms with van der Waals surface area (Å²) in [7, 11) is -0.452. The Morgan fingerprint density at radius 1 is 1.32 bits per heavy atom. The zero-order valence-corrected chi connectivity index (χ0v) is 16.8. The van der Waals surface area contributed by atoms with Crippen molar-refractivity contribution in [3.05, 3.63) is 12.4 Å². The zero-order valence-electron chi connectivity index (χ0n) is 16.0. The van der Waals surface area contributed by atoms with Gasteiger partial charge in [-0.05, 0) is 48.7 Å². The number of aromatic nitrogens is 2. The fourth-order valence-electron chi connectivity index (χ4n) is 1.88. The van der Waals surface area contributed by atoms with Crippen molar-refractivity contribution in [1.82, 2.24) is 19.4 Å². The summed E-state index contributed by atoms with van der Waals surface area (Å²) in [4.78, 5) is 13.7. The number of hydrogen-bond donors (Lipinski definition) is 1. The van der Waals surface area contributed by atoms with Crippen LogP contribution in [0.1, 0.15) is 40.7 Å². The first-order valence-corrected chi connectivity index (χ1v) is 9.48. The van der Waals surface area contributed by atoms with Crippen LogP contribution >= 0.6 is 0 Å². The van der Waals surface area contributed by atoms with Crippen molar-refractivity contribution in [3.8, 4) is 0 Å². The molecule has 10 heteroatoms. The number of anilines is 1. The molecule has 0 atom stereocenters. The van der Waals surface area contributed by atoms with Crippen LogP contribution < -0.4 is 9.03 Å². The number of carbonyl (C=O) groups is 1. The minimum absolute atomic E-state index is 0.0889. The number of amides is 1. The first-order valence-electron chi connectivity index (χ1n) is 8.04. The van der Waals surface area contributed by atoms with Gasteiger partial charge in [0.25, 0.3) is 0 Å². The SMILES string of the molecule is CC(C)n1cc(N(CCN(C)C)S(=O)(=O)NC(=O)OC(C)(C)C)cn1. The van der Waals surface area contributed by atoms with Crippen molar-refractivity contribution in [2.75, 3.05) is 31.5 Å². The van der Waals surface area contributed by atoms with Gasteiger partial charge in [0.15, 0.2) is 0 Å². The average Bonchev–Trinajstić information content (AvgIpc) is 2.84. The van der Waals surface area contributed by atoms with Gasteiger partial charge in [-0.2, -0.15) is 13.5 Å². The quantitative estimate of drug-likeness (QED) is 0.777. The molecule has 0 bridgehead atoms. The van der Waals surface area contributed by atoms with Crippen LogP contribution in [0.3, 0.4) is 0 Å². The van der Waals surface area contributed by atoms with Crippen LogP contribution in [0.2, 0.25) is 0 Å². The van der Waals surface area contributed by atoms with E-state index in [1.165, 1.54) is 6.20 Å². The summed E-state index contributed by atoms with van der Waals surface area (Å²) >= 11 is 0. The molecule has 9 nitrogen and oxygen atoms in total. The highest BCUT2D eigenvalue weighted by molar-refractivity contribution is 7.91. The second-order valence-corrected chi connectivity index (χ2v) is 8.85. The largest absolute Gasteiger partial charge is 0.443 e. The van der Waals surface area contributed by atoms with E-state index in [0.717, 1.165) is 4.31 Å². The van der Waals surface area contributed by atoms with E-state index in [1.807, 2.05) is 37.6 Å². The van der Waals surface area contributed by atoms with Crippen LogP contribution in [0.5, 0.6) is 0 Å². The van der Waals surface area contributed by atoms with Crippen LogP contribution in [-0.4, -0.2) is 62.0 Å². The number of nitrogens with one attached hydrogen (secondary N) is 1. The number of rotatable bonds is 7. The van der Waals surface area contributed by atoms with E-state index in [-0.39, 0.29) is 12.6 Å². The lowest BCUT2D eigenvalue weighted by Gasteiger charge is -2.25. The summed E-state index contributed by atoms with van der Waals surface area (Å²) in [6.45, 7) is 9.50. The molecule has 1 amide bonds. The molecule has 0 fully saturated rings. The van der Waals surface area contributed by atoms with Crippen molar-refractivity contribution in [3.63, 3.8) is 0 Å². The monoisotopic (exact) mass is 375 g/mol. The molecular weight excluding hydrogens is 346 g/mol. The van der Waals surface area contributed by atoms with E-state index in [2.05, 4.69) is 5.10 Å². The van der Waals surface area contributed by atoms with Crippen molar-refractivity contribution in [1.29, 1.82) is 0 Å². The maximum absolute atomic E-state index is 12.7. The zero-order chi connectivity index (χ0) is 19.4. The Morgan fingerprint density at radius 2 is 1.92 bits per heavy atom. The molecule has 1 heterocycles. The molecule has 1 rings (SSSR count). The third kappa shape index (κ3) is 6.91. The lowest BCUT2D eigenvalue weighted by atomic mass is 10.2. The highest BCUT2D eigenvalue weighted by atomic mass is 32.2. The van der Waals surface area contributed by atoms with E-state index >= 15 is 0 Å². The fraction of sp³-hybridized carbons (Fsp3) is 0.733. The lowest BCUT2D eigenvalue weighted by molar-refractivity contribution is 0.0570. The Hall–Kier alpha value is -1.81. The van der Waals surface area contributed by atoms with Gasteiger partial charge in [-0.1, -0.05) is 0 Å². The van der Waals surface area contributed by atoms with Gasteiger partial charge >= 0.3 is 16.3 Å². The highest BCUT2D eigenvalue weighted by Crippen LogP contribution is 2.19. The molecule has 0 aliphatic rings. The van der Waals surface area contributed by atoms with Gasteiger partial charge in [0.2, 0.25) is 0 Å². The first-order chi connectivity index (χ1) is 11.3. The van der Waals surface area contributed by atoms with Crippen molar-refractivity contribution >= 4 is 22.0 Å². The van der Waals surface area contributed by atoms with E-state index < -0.39 is 21.9 Å². The molecule has 0 aliphatic carbocycles. The Labute approximate surface area is 150 Å². The fourth-order valence-corrected chi connectivity index (χ4v) is 2.93. The topological polar surface area (TPSA) is 96.8 Å². The number of hydrogen-bond acceptors (Lipinski definition) is 6. The standard InChI is InChI=1S/C15H29N5O4S/c1-12(2)19-11-13(10-16-19)20(9-8-18(6)7)25(22,23)17-14(21)24-15(3,4)5/h10-12H,8-9H2,1-7H3,(H,17,21). The molecule has 0 saturated carbocycles. The summed E-state index contributed by atoms with van der Waals surface area (Å²) in [5.74, 6) is 0. The van der Waals surface area contributed by atoms with Gasteiger partial charge in [0.1, 0.15) is 5.60 Å². The second-order valence-electron chi connectivity index (χ2n) is 7.26. The predicted molar refractivity (Wildman–Crippen MR) is 96.8 cm³/mol. The maximum Gasteiger partial charge on any atom is 0.422 e. The Bertz CT molecular complexity index is 676. The molecule has 1 aromatic rings. The van der Waals surface area contributed by atoms with E-state index in [4.69, 9.17) is 4.74 Å². The molecule has 1 aromatic heterocycles. The Kier molecular flexibility index (Phi) is 6.83. The van der Waals surface area contributed by atoms with Gasteiger partial charge in [-0.15, -0.1) is 0 Å². The van der Waals surface area contributed by atoms with E-state index in [9.17, 15) is 13.2 Å². The summed E-state index contributed by atoms with van der Waals surface area (Å²) in [5.41, 5.74) is -0.414. The Morgan fingerprint density at radius 3 is 2.36 bits per heavy atom. The summed E-state index contributed by atoms with van der Waals surface area (Å²) in [6, 6.07) is 0.0889.